The molecule has 1 aliphatic rings. The van der Waals surface area contributed by atoms with Crippen LogP contribution >= 0.6 is 23.1 Å². The molecule has 1 N–H and O–H groups in total. The molecule has 4 heteroatoms. The van der Waals surface area contributed by atoms with E-state index in [-0.39, 0.29) is 11.9 Å². The summed E-state index contributed by atoms with van der Waals surface area (Å²) >= 11 is 3.57. The van der Waals surface area contributed by atoms with E-state index in [1.54, 1.807) is 11.3 Å². The number of hydrogen-bond donors (Lipinski definition) is 1. The smallest absolute Gasteiger partial charge is 0.261 e. The predicted molar refractivity (Wildman–Crippen MR) is 79.2 cm³/mol. The molecule has 1 atom stereocenters. The molecular weight excluding hydrogens is 262 g/mol. The van der Waals surface area contributed by atoms with E-state index in [1.165, 1.54) is 16.2 Å². The van der Waals surface area contributed by atoms with Crippen LogP contribution in [-0.2, 0) is 12.2 Å². The highest BCUT2D eigenvalue weighted by Gasteiger charge is 2.18. The van der Waals surface area contributed by atoms with Gasteiger partial charge in [-0.05, 0) is 30.2 Å². The first-order valence-corrected chi connectivity index (χ1v) is 8.15. The number of terminal acetylenes is 1. The summed E-state index contributed by atoms with van der Waals surface area (Å²) in [7, 11) is 0. The van der Waals surface area contributed by atoms with Gasteiger partial charge in [-0.1, -0.05) is 6.92 Å². The number of hydrogen-bond acceptors (Lipinski definition) is 3. The molecule has 2 rings (SSSR count). The Hall–Kier alpha value is -0.920. The molecule has 1 amide bonds. The molecule has 0 aromatic carbocycles. The van der Waals surface area contributed by atoms with Crippen LogP contribution in [-0.4, -0.2) is 17.7 Å². The lowest BCUT2D eigenvalue weighted by atomic mass is 10.1. The number of carbonyl (C=O) groups excluding carboxylic acids is 1. The van der Waals surface area contributed by atoms with Gasteiger partial charge in [0.05, 0.1) is 4.88 Å². The summed E-state index contributed by atoms with van der Waals surface area (Å²) in [6.45, 7) is 2.04. The van der Waals surface area contributed by atoms with Gasteiger partial charge in [0.1, 0.15) is 0 Å². The Kier molecular flexibility index (Phi) is 4.73. The number of fused-ring (bicyclic) bond motifs is 1. The second-order valence-corrected chi connectivity index (χ2v) is 6.59. The fourth-order valence-electron chi connectivity index (χ4n) is 1.96. The third-order valence-corrected chi connectivity index (χ3v) is 5.29. The average molecular weight is 279 g/mol. The fourth-order valence-corrected chi connectivity index (χ4v) is 4.23. The number of nitrogens with one attached hydrogen (secondary N) is 1. The Labute approximate surface area is 117 Å². The van der Waals surface area contributed by atoms with Crippen molar-refractivity contribution in [3.8, 4) is 12.3 Å². The van der Waals surface area contributed by atoms with Crippen LogP contribution in [0.25, 0.3) is 0 Å². The number of amides is 1. The van der Waals surface area contributed by atoms with Gasteiger partial charge in [0.25, 0.3) is 5.91 Å². The third-order valence-electron chi connectivity index (χ3n) is 3.04. The van der Waals surface area contributed by atoms with E-state index in [2.05, 4.69) is 11.2 Å². The summed E-state index contributed by atoms with van der Waals surface area (Å²) in [6, 6.07) is 2.14. The molecule has 0 spiro atoms. The predicted octanol–water partition coefficient (Wildman–Crippen LogP) is 3.07. The van der Waals surface area contributed by atoms with Gasteiger partial charge in [-0.2, -0.15) is 11.8 Å². The average Bonchev–Trinajstić information content (AvgIpc) is 2.82. The van der Waals surface area contributed by atoms with Crippen molar-refractivity contribution in [1.82, 2.24) is 5.32 Å². The maximum absolute atomic E-state index is 12.1. The number of rotatable bonds is 4. The van der Waals surface area contributed by atoms with Crippen LogP contribution in [0.3, 0.4) is 0 Å². The summed E-state index contributed by atoms with van der Waals surface area (Å²) in [6.07, 6.45) is 7.87. The molecule has 0 fully saturated rings. The highest BCUT2D eigenvalue weighted by molar-refractivity contribution is 7.98. The van der Waals surface area contributed by atoms with Crippen molar-refractivity contribution < 1.29 is 4.79 Å². The molecule has 0 bridgehead atoms. The second kappa shape index (κ2) is 6.31. The van der Waals surface area contributed by atoms with Gasteiger partial charge >= 0.3 is 0 Å². The summed E-state index contributed by atoms with van der Waals surface area (Å²) < 4.78 is 0. The van der Waals surface area contributed by atoms with Gasteiger partial charge in [-0.25, -0.2) is 0 Å². The molecule has 1 aromatic rings. The van der Waals surface area contributed by atoms with Gasteiger partial charge in [0.15, 0.2) is 0 Å². The lowest BCUT2D eigenvalue weighted by molar-refractivity contribution is 0.0941. The highest BCUT2D eigenvalue weighted by atomic mass is 32.2. The van der Waals surface area contributed by atoms with Crippen molar-refractivity contribution in [2.45, 2.75) is 38.0 Å². The summed E-state index contributed by atoms with van der Waals surface area (Å²) in [5, 5.41) is 3.02. The Bertz CT molecular complexity index is 449. The minimum Gasteiger partial charge on any atom is -0.348 e. The van der Waals surface area contributed by atoms with Crippen molar-refractivity contribution in [2.24, 2.45) is 0 Å². The monoisotopic (exact) mass is 279 g/mol. The molecular formula is C14H17NOS2. The van der Waals surface area contributed by atoms with E-state index in [1.807, 2.05) is 24.8 Å². The lowest BCUT2D eigenvalue weighted by Gasteiger charge is -2.13. The zero-order valence-corrected chi connectivity index (χ0v) is 12.1. The first-order valence-electron chi connectivity index (χ1n) is 6.18. The van der Waals surface area contributed by atoms with Crippen LogP contribution in [0.4, 0.5) is 0 Å². The van der Waals surface area contributed by atoms with Crippen molar-refractivity contribution in [2.75, 3.05) is 5.75 Å². The van der Waals surface area contributed by atoms with Crippen LogP contribution < -0.4 is 5.32 Å². The number of thioether (sulfide) groups is 1. The van der Waals surface area contributed by atoms with Gasteiger partial charge in [0.2, 0.25) is 0 Å². The standard InChI is InChI=1S/C14H17NOS2/c1-3-5-11(4-2)15-14(16)13-8-10-9-17-7-6-12(10)18-13/h1,8,11H,4-7,9H2,2H3,(H,15,16). The van der Waals surface area contributed by atoms with Crippen LogP contribution in [0.2, 0.25) is 0 Å². The lowest BCUT2D eigenvalue weighted by Crippen LogP contribution is -2.33. The Balaban J connectivity index is 2.04. The van der Waals surface area contributed by atoms with Crippen LogP contribution in [0.15, 0.2) is 6.07 Å². The van der Waals surface area contributed by atoms with Crippen molar-refractivity contribution >= 4 is 29.0 Å². The number of aryl methyl sites for hydroxylation is 1. The van der Waals surface area contributed by atoms with E-state index in [0.29, 0.717) is 6.42 Å². The van der Waals surface area contributed by atoms with Crippen LogP contribution in [0.1, 0.15) is 39.9 Å². The minimum absolute atomic E-state index is 0.0292. The number of carbonyl (C=O) groups is 1. The van der Waals surface area contributed by atoms with E-state index in [9.17, 15) is 4.79 Å². The Morgan fingerprint density at radius 3 is 3.17 bits per heavy atom. The molecule has 0 radical (unpaired) electrons. The second-order valence-electron chi connectivity index (χ2n) is 4.35. The van der Waals surface area contributed by atoms with Gasteiger partial charge in [0, 0.05) is 23.1 Å². The van der Waals surface area contributed by atoms with E-state index < -0.39 is 0 Å². The summed E-state index contributed by atoms with van der Waals surface area (Å²) in [5.74, 6) is 4.85. The molecule has 0 aliphatic carbocycles. The maximum Gasteiger partial charge on any atom is 0.261 e. The zero-order chi connectivity index (χ0) is 13.0. The van der Waals surface area contributed by atoms with Crippen molar-refractivity contribution in [3.05, 3.63) is 21.4 Å². The normalized spacial score (nSPS) is 15.6. The topological polar surface area (TPSA) is 29.1 Å². The fraction of sp³-hybridized carbons (Fsp3) is 0.500. The minimum atomic E-state index is 0.0292. The molecule has 18 heavy (non-hydrogen) atoms. The highest BCUT2D eigenvalue weighted by Crippen LogP contribution is 2.31. The van der Waals surface area contributed by atoms with E-state index in [0.717, 1.165) is 23.5 Å². The molecule has 2 heterocycles. The SMILES string of the molecule is C#CCC(CC)NC(=O)c1cc2c(s1)CCSC2. The maximum atomic E-state index is 12.1. The van der Waals surface area contributed by atoms with Gasteiger partial charge in [-0.15, -0.1) is 23.7 Å². The largest absolute Gasteiger partial charge is 0.348 e. The molecule has 0 saturated carbocycles. The molecule has 2 nitrogen and oxygen atoms in total. The van der Waals surface area contributed by atoms with Crippen LogP contribution in [0, 0.1) is 12.3 Å². The first kappa shape index (κ1) is 13.5. The van der Waals surface area contributed by atoms with Crippen molar-refractivity contribution in [1.29, 1.82) is 0 Å². The van der Waals surface area contributed by atoms with Crippen LogP contribution in [0.5, 0.6) is 0 Å². The number of thiophene rings is 1. The molecule has 1 aliphatic heterocycles. The summed E-state index contributed by atoms with van der Waals surface area (Å²) in [4.78, 5) is 14.3. The molecule has 0 saturated heterocycles. The van der Waals surface area contributed by atoms with Crippen molar-refractivity contribution in [3.63, 3.8) is 0 Å². The van der Waals surface area contributed by atoms with Gasteiger partial charge < -0.3 is 5.32 Å². The van der Waals surface area contributed by atoms with Gasteiger partial charge in [-0.3, -0.25) is 4.79 Å². The zero-order valence-electron chi connectivity index (χ0n) is 10.5. The Morgan fingerprint density at radius 2 is 2.50 bits per heavy atom. The molecule has 1 aromatic heterocycles. The Morgan fingerprint density at radius 1 is 1.67 bits per heavy atom. The molecule has 96 valence electrons. The summed E-state index contributed by atoms with van der Waals surface area (Å²) in [5.41, 5.74) is 1.34. The molecule has 1 unspecified atom stereocenters. The quantitative estimate of drug-likeness (QED) is 0.858. The first-order chi connectivity index (χ1) is 8.74. The van der Waals surface area contributed by atoms with E-state index >= 15 is 0 Å². The third kappa shape index (κ3) is 3.09. The van der Waals surface area contributed by atoms with E-state index in [4.69, 9.17) is 6.42 Å².